The number of carboxylic acids is 1. The van der Waals surface area contributed by atoms with Crippen molar-refractivity contribution in [3.8, 4) is 11.1 Å². The molecule has 0 aliphatic heterocycles. The summed E-state index contributed by atoms with van der Waals surface area (Å²) in [6, 6.07) is 19.0. The van der Waals surface area contributed by atoms with E-state index in [4.69, 9.17) is 4.74 Å². The molecule has 3 aromatic rings. The molecule has 0 bridgehead atoms. The molecule has 30 heavy (non-hydrogen) atoms. The Morgan fingerprint density at radius 3 is 2.23 bits per heavy atom. The lowest BCUT2D eigenvalue weighted by Crippen LogP contribution is -2.32. The largest absolute Gasteiger partial charge is 0.481 e. The van der Waals surface area contributed by atoms with Gasteiger partial charge in [-0.15, -0.1) is 0 Å². The minimum atomic E-state index is -1.03. The van der Waals surface area contributed by atoms with E-state index >= 15 is 0 Å². The molecule has 2 aromatic carbocycles. The van der Waals surface area contributed by atoms with Crippen molar-refractivity contribution in [3.63, 3.8) is 0 Å². The number of pyridine rings is 1. The highest BCUT2D eigenvalue weighted by Crippen LogP contribution is 2.44. The summed E-state index contributed by atoms with van der Waals surface area (Å²) in [5, 5.41) is 11.9. The monoisotopic (exact) mass is 402 g/mol. The van der Waals surface area contributed by atoms with Gasteiger partial charge in [-0.1, -0.05) is 54.6 Å². The SMILES string of the molecule is Cc1ccc(C(CC(=O)O)NC(=O)OCC2c3ccccc3-c3ccccc32)nc1. The zero-order valence-corrected chi connectivity index (χ0v) is 16.5. The Hall–Kier alpha value is -3.67. The quantitative estimate of drug-likeness (QED) is 0.636. The lowest BCUT2D eigenvalue weighted by Gasteiger charge is -2.18. The number of benzene rings is 2. The summed E-state index contributed by atoms with van der Waals surface area (Å²) in [5.41, 5.74) is 5.97. The highest BCUT2D eigenvalue weighted by Gasteiger charge is 2.29. The molecule has 6 heteroatoms. The Morgan fingerprint density at radius 1 is 1.03 bits per heavy atom. The fraction of sp³-hybridized carbons (Fsp3) is 0.208. The number of amides is 1. The van der Waals surface area contributed by atoms with Crippen LogP contribution in [-0.4, -0.2) is 28.8 Å². The second kappa shape index (κ2) is 8.37. The maximum absolute atomic E-state index is 12.5. The van der Waals surface area contributed by atoms with Crippen molar-refractivity contribution in [1.29, 1.82) is 0 Å². The first-order valence-corrected chi connectivity index (χ1v) is 9.79. The van der Waals surface area contributed by atoms with Crippen LogP contribution in [0.25, 0.3) is 11.1 Å². The third kappa shape index (κ3) is 4.03. The zero-order chi connectivity index (χ0) is 21.1. The number of carbonyl (C=O) groups excluding carboxylic acids is 1. The van der Waals surface area contributed by atoms with Gasteiger partial charge in [0.25, 0.3) is 0 Å². The highest BCUT2D eigenvalue weighted by atomic mass is 16.5. The second-order valence-corrected chi connectivity index (χ2v) is 7.38. The molecular formula is C24H22N2O4. The lowest BCUT2D eigenvalue weighted by molar-refractivity contribution is -0.137. The molecule has 6 nitrogen and oxygen atoms in total. The molecule has 0 saturated carbocycles. The number of carboxylic acid groups (broad SMARTS) is 1. The first kappa shape index (κ1) is 19.6. The molecule has 1 atom stereocenters. The van der Waals surface area contributed by atoms with Crippen molar-refractivity contribution in [2.75, 3.05) is 6.61 Å². The minimum absolute atomic E-state index is 0.0569. The fourth-order valence-electron chi connectivity index (χ4n) is 3.87. The van der Waals surface area contributed by atoms with Crippen molar-refractivity contribution in [1.82, 2.24) is 10.3 Å². The number of ether oxygens (including phenoxy) is 1. The summed E-state index contributed by atoms with van der Waals surface area (Å²) in [6.45, 7) is 2.06. The van der Waals surface area contributed by atoms with E-state index in [1.54, 1.807) is 12.3 Å². The molecule has 2 N–H and O–H groups in total. The van der Waals surface area contributed by atoms with Crippen LogP contribution in [0.3, 0.4) is 0 Å². The average Bonchev–Trinajstić information content (AvgIpc) is 3.06. The molecule has 0 saturated heterocycles. The molecule has 1 aliphatic carbocycles. The van der Waals surface area contributed by atoms with E-state index in [1.165, 1.54) is 0 Å². The topological polar surface area (TPSA) is 88.5 Å². The third-order valence-electron chi connectivity index (χ3n) is 5.31. The van der Waals surface area contributed by atoms with Crippen LogP contribution < -0.4 is 5.32 Å². The first-order valence-electron chi connectivity index (χ1n) is 9.79. The maximum Gasteiger partial charge on any atom is 0.407 e. The summed E-state index contributed by atoms with van der Waals surface area (Å²) in [4.78, 5) is 28.0. The number of nitrogens with one attached hydrogen (secondary N) is 1. The Kier molecular flexibility index (Phi) is 5.48. The molecule has 1 aromatic heterocycles. The van der Waals surface area contributed by atoms with Crippen LogP contribution in [0.1, 0.15) is 40.8 Å². The summed E-state index contributed by atoms with van der Waals surface area (Å²) in [5.74, 6) is -1.08. The molecule has 4 rings (SSSR count). The summed E-state index contributed by atoms with van der Waals surface area (Å²) < 4.78 is 5.53. The number of fused-ring (bicyclic) bond motifs is 3. The van der Waals surface area contributed by atoms with Crippen molar-refractivity contribution in [3.05, 3.63) is 89.2 Å². The van der Waals surface area contributed by atoms with E-state index < -0.39 is 18.1 Å². The number of nitrogens with zero attached hydrogens (tertiary/aromatic N) is 1. The maximum atomic E-state index is 12.5. The van der Waals surface area contributed by atoms with Gasteiger partial charge < -0.3 is 15.2 Å². The average molecular weight is 402 g/mol. The van der Waals surface area contributed by atoms with Gasteiger partial charge >= 0.3 is 12.1 Å². The van der Waals surface area contributed by atoms with Crippen molar-refractivity contribution < 1.29 is 19.4 Å². The van der Waals surface area contributed by atoms with E-state index in [1.807, 2.05) is 49.4 Å². The van der Waals surface area contributed by atoms with Gasteiger partial charge in [-0.2, -0.15) is 0 Å². The van der Waals surface area contributed by atoms with Crippen molar-refractivity contribution in [2.45, 2.75) is 25.3 Å². The number of rotatable bonds is 6. The van der Waals surface area contributed by atoms with Crippen LogP contribution in [0.2, 0.25) is 0 Å². The standard InChI is InChI=1S/C24H22N2O4/c1-15-10-11-21(25-13-15)22(12-23(27)28)26-24(29)30-14-20-18-8-4-2-6-16(18)17-7-3-5-9-19(17)20/h2-11,13,20,22H,12,14H2,1H3,(H,26,29)(H,27,28). The number of hydrogen-bond acceptors (Lipinski definition) is 4. The number of alkyl carbamates (subject to hydrolysis) is 1. The number of carbonyl (C=O) groups is 2. The molecule has 1 amide bonds. The van der Waals surface area contributed by atoms with Crippen molar-refractivity contribution in [2.24, 2.45) is 0 Å². The predicted octanol–water partition coefficient (Wildman–Crippen LogP) is 4.44. The molecule has 0 spiro atoms. The van der Waals surface area contributed by atoms with Gasteiger partial charge in [0.1, 0.15) is 6.61 Å². The van der Waals surface area contributed by atoms with Gasteiger partial charge in [0.15, 0.2) is 0 Å². The Balaban J connectivity index is 1.47. The highest BCUT2D eigenvalue weighted by molar-refractivity contribution is 5.79. The van der Waals surface area contributed by atoms with Crippen LogP contribution >= 0.6 is 0 Å². The van der Waals surface area contributed by atoms with E-state index in [-0.39, 0.29) is 18.9 Å². The summed E-state index contributed by atoms with van der Waals surface area (Å²) in [6.07, 6.45) is 0.703. The second-order valence-electron chi connectivity index (χ2n) is 7.38. The Labute approximate surface area is 174 Å². The number of hydrogen-bond donors (Lipinski definition) is 2. The van der Waals surface area contributed by atoms with E-state index in [9.17, 15) is 14.7 Å². The van der Waals surface area contributed by atoms with Gasteiger partial charge in [-0.05, 0) is 40.8 Å². The molecule has 1 unspecified atom stereocenters. The first-order chi connectivity index (χ1) is 14.5. The van der Waals surface area contributed by atoms with E-state index in [0.29, 0.717) is 5.69 Å². The zero-order valence-electron chi connectivity index (χ0n) is 16.5. The van der Waals surface area contributed by atoms with Gasteiger partial charge in [0, 0.05) is 12.1 Å². The number of aromatic nitrogens is 1. The van der Waals surface area contributed by atoms with E-state index in [0.717, 1.165) is 27.8 Å². The number of aliphatic carboxylic acids is 1. The molecular weight excluding hydrogens is 380 g/mol. The molecule has 152 valence electrons. The smallest absolute Gasteiger partial charge is 0.407 e. The van der Waals surface area contributed by atoms with E-state index in [2.05, 4.69) is 22.4 Å². The fourth-order valence-corrected chi connectivity index (χ4v) is 3.87. The van der Waals surface area contributed by atoms with Gasteiger partial charge in [-0.3, -0.25) is 9.78 Å². The molecule has 1 heterocycles. The van der Waals surface area contributed by atoms with Crippen LogP contribution in [0.4, 0.5) is 4.79 Å². The molecule has 0 fully saturated rings. The van der Waals surface area contributed by atoms with Gasteiger partial charge in [0.05, 0.1) is 18.2 Å². The lowest BCUT2D eigenvalue weighted by atomic mass is 9.98. The number of aryl methyl sites for hydroxylation is 1. The van der Waals surface area contributed by atoms with Gasteiger partial charge in [-0.25, -0.2) is 4.79 Å². The normalized spacial score (nSPS) is 13.2. The van der Waals surface area contributed by atoms with Crippen LogP contribution in [0.5, 0.6) is 0 Å². The van der Waals surface area contributed by atoms with Gasteiger partial charge in [0.2, 0.25) is 0 Å². The van der Waals surface area contributed by atoms with Crippen LogP contribution in [-0.2, 0) is 9.53 Å². The third-order valence-corrected chi connectivity index (χ3v) is 5.31. The van der Waals surface area contributed by atoms with Crippen molar-refractivity contribution >= 4 is 12.1 Å². The summed E-state index contributed by atoms with van der Waals surface area (Å²) >= 11 is 0. The molecule has 1 aliphatic rings. The Bertz CT molecular complexity index is 1030. The Morgan fingerprint density at radius 2 is 1.67 bits per heavy atom. The molecule has 0 radical (unpaired) electrons. The van der Waals surface area contributed by atoms with Crippen LogP contribution in [0, 0.1) is 6.92 Å². The van der Waals surface area contributed by atoms with Crippen LogP contribution in [0.15, 0.2) is 66.9 Å². The summed E-state index contributed by atoms with van der Waals surface area (Å²) in [7, 11) is 0. The predicted molar refractivity (Wildman–Crippen MR) is 112 cm³/mol. The minimum Gasteiger partial charge on any atom is -0.481 e.